The van der Waals surface area contributed by atoms with Gasteiger partial charge in [-0.3, -0.25) is 4.99 Å². The molecule has 2 heterocycles. The van der Waals surface area contributed by atoms with Crippen molar-refractivity contribution in [2.45, 2.75) is 44.8 Å². The van der Waals surface area contributed by atoms with Crippen molar-refractivity contribution in [1.82, 2.24) is 0 Å². The topological polar surface area (TPSA) is 34.1 Å². The van der Waals surface area contributed by atoms with Crippen LogP contribution in [0.15, 0.2) is 89.9 Å². The summed E-state index contributed by atoms with van der Waals surface area (Å²) in [6, 6.07) is 29.3. The standard InChI is InChI=1S/C32H32N2O2/c1-23-21-29-30(26-16-8-7-15-25(23)26)33-22-32(36-29)31(2,3)27-17-9-10-18-28(27)34(32)19-11-12-20-35-24-13-5-4-6-14-24/h4-10,13-18,21-22H,11-12,19-20H2,1-3H3. The predicted octanol–water partition coefficient (Wildman–Crippen LogP) is 7.60. The predicted molar refractivity (Wildman–Crippen MR) is 148 cm³/mol. The monoisotopic (exact) mass is 476 g/mol. The van der Waals surface area contributed by atoms with E-state index in [4.69, 9.17) is 14.5 Å². The number of ether oxygens (including phenoxy) is 2. The molecule has 4 nitrogen and oxygen atoms in total. The second-order valence-corrected chi connectivity index (χ2v) is 10.3. The van der Waals surface area contributed by atoms with Gasteiger partial charge in [-0.15, -0.1) is 0 Å². The van der Waals surface area contributed by atoms with E-state index in [0.29, 0.717) is 6.61 Å². The fraction of sp³-hybridized carbons (Fsp3) is 0.281. The van der Waals surface area contributed by atoms with E-state index in [1.165, 1.54) is 22.2 Å². The van der Waals surface area contributed by atoms with Gasteiger partial charge in [0.2, 0.25) is 5.72 Å². The third-order valence-electron chi connectivity index (χ3n) is 7.77. The maximum absolute atomic E-state index is 7.05. The van der Waals surface area contributed by atoms with Crippen molar-refractivity contribution in [2.75, 3.05) is 18.1 Å². The molecule has 6 rings (SSSR count). The van der Waals surface area contributed by atoms with Crippen molar-refractivity contribution in [1.29, 1.82) is 0 Å². The molecule has 1 spiro atoms. The van der Waals surface area contributed by atoms with Gasteiger partial charge in [0.05, 0.1) is 18.2 Å². The Hall–Kier alpha value is -3.79. The second-order valence-electron chi connectivity index (χ2n) is 10.3. The summed E-state index contributed by atoms with van der Waals surface area (Å²) in [5.74, 6) is 1.77. The fourth-order valence-electron chi connectivity index (χ4n) is 5.79. The van der Waals surface area contributed by atoms with Crippen LogP contribution in [-0.2, 0) is 5.41 Å². The zero-order valence-electron chi connectivity index (χ0n) is 21.2. The molecule has 4 heteroatoms. The van der Waals surface area contributed by atoms with Crippen molar-refractivity contribution in [3.63, 3.8) is 0 Å². The molecular formula is C32H32N2O2. The molecule has 1 atom stereocenters. The zero-order valence-corrected chi connectivity index (χ0v) is 21.2. The van der Waals surface area contributed by atoms with E-state index >= 15 is 0 Å². The van der Waals surface area contributed by atoms with Crippen molar-refractivity contribution in [3.8, 4) is 11.5 Å². The number of aryl methyl sites for hydroxylation is 1. The summed E-state index contributed by atoms with van der Waals surface area (Å²) in [6.45, 7) is 8.24. The smallest absolute Gasteiger partial charge is 0.228 e. The Kier molecular flexibility index (Phi) is 5.48. The van der Waals surface area contributed by atoms with Crippen LogP contribution in [0.4, 0.5) is 11.4 Å². The van der Waals surface area contributed by atoms with E-state index in [1.54, 1.807) is 0 Å². The van der Waals surface area contributed by atoms with Crippen LogP contribution in [0.5, 0.6) is 11.5 Å². The van der Waals surface area contributed by atoms with Gasteiger partial charge < -0.3 is 14.4 Å². The van der Waals surface area contributed by atoms with Crippen LogP contribution in [0.3, 0.4) is 0 Å². The van der Waals surface area contributed by atoms with Crippen LogP contribution in [0.1, 0.15) is 37.8 Å². The molecule has 2 aliphatic heterocycles. The highest BCUT2D eigenvalue weighted by Crippen LogP contribution is 2.55. The molecule has 36 heavy (non-hydrogen) atoms. The highest BCUT2D eigenvalue weighted by atomic mass is 16.5. The lowest BCUT2D eigenvalue weighted by Crippen LogP contribution is -2.62. The number of rotatable bonds is 6. The summed E-state index contributed by atoms with van der Waals surface area (Å²) in [5.41, 5.74) is 3.65. The molecule has 0 N–H and O–H groups in total. The van der Waals surface area contributed by atoms with Crippen LogP contribution in [0.25, 0.3) is 10.8 Å². The molecule has 0 aliphatic carbocycles. The minimum Gasteiger partial charge on any atom is -0.494 e. The molecule has 0 fully saturated rings. The van der Waals surface area contributed by atoms with E-state index < -0.39 is 5.72 Å². The third-order valence-corrected chi connectivity index (χ3v) is 7.77. The Morgan fingerprint density at radius 2 is 1.58 bits per heavy atom. The minimum absolute atomic E-state index is 0.287. The van der Waals surface area contributed by atoms with Crippen molar-refractivity contribution in [3.05, 3.63) is 96.1 Å². The quantitative estimate of drug-likeness (QED) is 0.269. The van der Waals surface area contributed by atoms with Crippen LogP contribution >= 0.6 is 0 Å². The van der Waals surface area contributed by atoms with E-state index in [1.807, 2.05) is 30.3 Å². The number of nitrogens with zero attached hydrogens (tertiary/aromatic N) is 2. The molecule has 182 valence electrons. The lowest BCUT2D eigenvalue weighted by atomic mass is 9.77. The van der Waals surface area contributed by atoms with Crippen molar-refractivity contribution >= 4 is 28.4 Å². The summed E-state index contributed by atoms with van der Waals surface area (Å²) in [5, 5.41) is 2.36. The van der Waals surface area contributed by atoms with Gasteiger partial charge >= 0.3 is 0 Å². The van der Waals surface area contributed by atoms with Crippen LogP contribution in [0.2, 0.25) is 0 Å². The van der Waals surface area contributed by atoms with E-state index in [-0.39, 0.29) is 5.41 Å². The maximum atomic E-state index is 7.05. The largest absolute Gasteiger partial charge is 0.494 e. The number of aliphatic imine (C=N–C) groups is 1. The normalized spacial score (nSPS) is 19.2. The molecular weight excluding hydrogens is 444 g/mol. The number of fused-ring (bicyclic) bond motifs is 4. The summed E-state index contributed by atoms with van der Waals surface area (Å²) in [6.07, 6.45) is 4.00. The molecule has 0 amide bonds. The van der Waals surface area contributed by atoms with Gasteiger partial charge in [-0.05, 0) is 74.4 Å². The first-order chi connectivity index (χ1) is 17.5. The van der Waals surface area contributed by atoms with Gasteiger partial charge in [-0.1, -0.05) is 60.7 Å². The van der Waals surface area contributed by atoms with Crippen molar-refractivity contribution in [2.24, 2.45) is 4.99 Å². The Bertz CT molecular complexity index is 1440. The molecule has 0 radical (unpaired) electrons. The second kappa shape index (κ2) is 8.70. The third kappa shape index (κ3) is 3.47. The lowest BCUT2D eigenvalue weighted by Gasteiger charge is -2.46. The highest BCUT2D eigenvalue weighted by Gasteiger charge is 2.59. The Morgan fingerprint density at radius 3 is 2.42 bits per heavy atom. The molecule has 0 saturated heterocycles. The number of unbranched alkanes of at least 4 members (excludes halogenated alkanes) is 1. The molecule has 4 aromatic carbocycles. The van der Waals surface area contributed by atoms with Gasteiger partial charge in [0.25, 0.3) is 0 Å². The zero-order chi connectivity index (χ0) is 24.8. The SMILES string of the molecule is Cc1cc2c(c3ccccc13)N=CC1(O2)N(CCCCOc2ccccc2)c2ccccc2C1(C)C. The Balaban J connectivity index is 1.32. The number of hydrogen-bond acceptors (Lipinski definition) is 4. The van der Waals surface area contributed by atoms with Gasteiger partial charge in [0.15, 0.2) is 0 Å². The summed E-state index contributed by atoms with van der Waals surface area (Å²) < 4.78 is 13.0. The van der Waals surface area contributed by atoms with E-state index in [9.17, 15) is 0 Å². The minimum atomic E-state index is -0.696. The first-order valence-electron chi connectivity index (χ1n) is 12.8. The highest BCUT2D eigenvalue weighted by molar-refractivity contribution is 6.01. The maximum Gasteiger partial charge on any atom is 0.228 e. The molecule has 2 aliphatic rings. The van der Waals surface area contributed by atoms with Gasteiger partial charge in [0.1, 0.15) is 17.2 Å². The summed E-state index contributed by atoms with van der Waals surface area (Å²) in [7, 11) is 0. The van der Waals surface area contributed by atoms with Crippen LogP contribution < -0.4 is 14.4 Å². The molecule has 4 aromatic rings. The van der Waals surface area contributed by atoms with Gasteiger partial charge in [-0.25, -0.2) is 0 Å². The first-order valence-corrected chi connectivity index (χ1v) is 12.8. The molecule has 0 aromatic heterocycles. The van der Waals surface area contributed by atoms with E-state index in [0.717, 1.165) is 42.0 Å². The lowest BCUT2D eigenvalue weighted by molar-refractivity contribution is 0.0772. The van der Waals surface area contributed by atoms with Gasteiger partial charge in [-0.2, -0.15) is 0 Å². The summed E-state index contributed by atoms with van der Waals surface area (Å²) in [4.78, 5) is 7.51. The average Bonchev–Trinajstić information content (AvgIpc) is 3.07. The van der Waals surface area contributed by atoms with Crippen LogP contribution in [-0.4, -0.2) is 25.1 Å². The molecule has 0 bridgehead atoms. The van der Waals surface area contributed by atoms with E-state index in [2.05, 4.69) is 86.5 Å². The average molecular weight is 477 g/mol. The number of benzene rings is 4. The number of hydrogen-bond donors (Lipinski definition) is 0. The molecule has 1 unspecified atom stereocenters. The Morgan fingerprint density at radius 1 is 0.861 bits per heavy atom. The number of anilines is 1. The van der Waals surface area contributed by atoms with Crippen LogP contribution in [0, 0.1) is 6.92 Å². The molecule has 0 saturated carbocycles. The van der Waals surface area contributed by atoms with Gasteiger partial charge in [0, 0.05) is 17.6 Å². The first kappa shape index (κ1) is 22.7. The Labute approximate surface area is 213 Å². The summed E-state index contributed by atoms with van der Waals surface area (Å²) >= 11 is 0. The van der Waals surface area contributed by atoms with Crippen molar-refractivity contribution < 1.29 is 9.47 Å². The fourth-order valence-corrected chi connectivity index (χ4v) is 5.79. The number of para-hydroxylation sites is 2.